The van der Waals surface area contributed by atoms with E-state index in [-0.39, 0.29) is 10.8 Å². The summed E-state index contributed by atoms with van der Waals surface area (Å²) in [7, 11) is 0. The second-order valence-corrected chi connectivity index (χ2v) is 6.68. The fourth-order valence-electron chi connectivity index (χ4n) is 1.76. The Labute approximate surface area is 114 Å². The van der Waals surface area contributed by atoms with Gasteiger partial charge in [0.15, 0.2) is 0 Å². The quantitative estimate of drug-likeness (QED) is 0.534. The lowest BCUT2D eigenvalue weighted by Gasteiger charge is -2.24. The highest BCUT2D eigenvalue weighted by Crippen LogP contribution is 2.28. The maximum Gasteiger partial charge on any atom is 0.0123 e. The highest BCUT2D eigenvalue weighted by molar-refractivity contribution is 9.09. The van der Waals surface area contributed by atoms with E-state index in [1.54, 1.807) is 0 Å². The van der Waals surface area contributed by atoms with E-state index in [4.69, 9.17) is 0 Å². The molecule has 1 rings (SSSR count). The minimum atomic E-state index is 0.142. The van der Waals surface area contributed by atoms with Crippen LogP contribution in [0.4, 0.5) is 0 Å². The van der Waals surface area contributed by atoms with E-state index in [9.17, 15) is 0 Å². The first kappa shape index (κ1) is 14.5. The van der Waals surface area contributed by atoms with E-state index >= 15 is 0 Å². The van der Waals surface area contributed by atoms with E-state index in [0.717, 1.165) is 11.8 Å². The monoisotopic (exact) mass is 294 g/mol. The molecule has 0 saturated heterocycles. The molecule has 0 N–H and O–H groups in total. The third kappa shape index (κ3) is 3.99. The highest BCUT2D eigenvalue weighted by Gasteiger charge is 2.19. The Balaban J connectivity index is 2.86. The molecule has 0 amide bonds. The summed E-state index contributed by atoms with van der Waals surface area (Å²) in [5.41, 5.74) is 3.14. The fourth-order valence-corrected chi connectivity index (χ4v) is 2.19. The molecule has 0 bridgehead atoms. The predicted octanol–water partition coefficient (Wildman–Crippen LogP) is 5.11. The topological polar surface area (TPSA) is 0 Å². The molecule has 0 nitrogen and oxygen atoms in total. The van der Waals surface area contributed by atoms with Crippen LogP contribution in [0, 0.1) is 5.41 Å². The van der Waals surface area contributed by atoms with E-state index in [0.29, 0.717) is 0 Å². The van der Waals surface area contributed by atoms with Crippen molar-refractivity contribution in [3.05, 3.63) is 48.0 Å². The van der Waals surface area contributed by atoms with Crippen LogP contribution in [0.3, 0.4) is 0 Å². The Hall–Kier alpha value is -0.560. The molecule has 0 fully saturated rings. The number of alkyl halides is 1. The molecular weight excluding hydrogens is 272 g/mol. The van der Waals surface area contributed by atoms with Gasteiger partial charge in [-0.15, -0.1) is 6.58 Å². The van der Waals surface area contributed by atoms with Crippen LogP contribution in [-0.4, -0.2) is 5.33 Å². The number of hydrogen-bond donors (Lipinski definition) is 0. The predicted molar refractivity (Wildman–Crippen MR) is 80.9 cm³/mol. The third-order valence-corrected chi connectivity index (χ3v) is 4.51. The highest BCUT2D eigenvalue weighted by atomic mass is 79.9. The van der Waals surface area contributed by atoms with Gasteiger partial charge >= 0.3 is 0 Å². The van der Waals surface area contributed by atoms with Gasteiger partial charge < -0.3 is 0 Å². The minimum Gasteiger partial charge on any atom is -0.102 e. The average Bonchev–Trinajstić information content (AvgIpc) is 2.28. The van der Waals surface area contributed by atoms with Gasteiger partial charge in [0.05, 0.1) is 0 Å². The molecule has 1 aromatic carbocycles. The molecule has 0 saturated carbocycles. The van der Waals surface area contributed by atoms with Crippen LogP contribution in [-0.2, 0) is 11.8 Å². The lowest BCUT2D eigenvalue weighted by molar-refractivity contribution is 0.493. The van der Waals surface area contributed by atoms with Gasteiger partial charge in [-0.25, -0.2) is 0 Å². The van der Waals surface area contributed by atoms with Crippen molar-refractivity contribution in [2.75, 3.05) is 5.33 Å². The van der Waals surface area contributed by atoms with Crippen molar-refractivity contribution in [3.63, 3.8) is 0 Å². The van der Waals surface area contributed by atoms with E-state index in [2.05, 4.69) is 74.5 Å². The Kier molecular flexibility index (Phi) is 4.60. The van der Waals surface area contributed by atoms with Crippen molar-refractivity contribution in [1.29, 1.82) is 0 Å². The Morgan fingerprint density at radius 3 is 2.00 bits per heavy atom. The average molecular weight is 295 g/mol. The largest absolute Gasteiger partial charge is 0.102 e. The summed E-state index contributed by atoms with van der Waals surface area (Å²) in [6, 6.07) is 8.97. The number of halogens is 1. The Bertz CT molecular complexity index is 370. The summed E-state index contributed by atoms with van der Waals surface area (Å²) >= 11 is 3.56. The molecular formula is C16H23Br. The molecule has 17 heavy (non-hydrogen) atoms. The van der Waals surface area contributed by atoms with Gasteiger partial charge in [-0.05, 0) is 28.4 Å². The van der Waals surface area contributed by atoms with Crippen molar-refractivity contribution >= 4 is 15.9 Å². The van der Waals surface area contributed by atoms with Crippen LogP contribution in [0.5, 0.6) is 0 Å². The van der Waals surface area contributed by atoms with Gasteiger partial charge in [-0.1, -0.05) is 74.0 Å². The molecule has 0 heterocycles. The standard InChI is InChI=1S/C16H23Br/c1-6-16(5,12-17)11-13-7-9-14(10-8-13)15(2,3)4/h6-10H,1,11-12H2,2-5H3. The number of benzene rings is 1. The van der Waals surface area contributed by atoms with Crippen LogP contribution in [0.15, 0.2) is 36.9 Å². The van der Waals surface area contributed by atoms with Crippen LogP contribution < -0.4 is 0 Å². The Morgan fingerprint density at radius 1 is 1.12 bits per heavy atom. The molecule has 0 radical (unpaired) electrons. The van der Waals surface area contributed by atoms with Crippen LogP contribution in [0.25, 0.3) is 0 Å². The molecule has 94 valence electrons. The van der Waals surface area contributed by atoms with Gasteiger partial charge in [0.2, 0.25) is 0 Å². The Morgan fingerprint density at radius 2 is 1.65 bits per heavy atom. The third-order valence-electron chi connectivity index (χ3n) is 3.23. The molecule has 1 heteroatoms. The summed E-state index contributed by atoms with van der Waals surface area (Å²) in [5, 5.41) is 0.949. The maximum absolute atomic E-state index is 3.93. The summed E-state index contributed by atoms with van der Waals surface area (Å²) in [4.78, 5) is 0. The molecule has 0 aromatic heterocycles. The number of rotatable bonds is 4. The van der Waals surface area contributed by atoms with Gasteiger partial charge in [-0.2, -0.15) is 0 Å². The van der Waals surface area contributed by atoms with Crippen LogP contribution in [0.2, 0.25) is 0 Å². The van der Waals surface area contributed by atoms with Crippen molar-refractivity contribution in [2.45, 2.75) is 39.5 Å². The van der Waals surface area contributed by atoms with Crippen molar-refractivity contribution < 1.29 is 0 Å². The second kappa shape index (κ2) is 5.39. The lowest BCUT2D eigenvalue weighted by atomic mass is 9.83. The zero-order chi connectivity index (χ0) is 13.1. The van der Waals surface area contributed by atoms with E-state index in [1.807, 2.05) is 6.08 Å². The SMILES string of the molecule is C=CC(C)(CBr)Cc1ccc(C(C)(C)C)cc1. The van der Waals surface area contributed by atoms with Crippen molar-refractivity contribution in [2.24, 2.45) is 5.41 Å². The summed E-state index contributed by atoms with van der Waals surface area (Å²) in [5.74, 6) is 0. The summed E-state index contributed by atoms with van der Waals surface area (Å²) in [6.45, 7) is 12.9. The van der Waals surface area contributed by atoms with Gasteiger partial charge in [0, 0.05) is 5.33 Å². The van der Waals surface area contributed by atoms with Crippen molar-refractivity contribution in [3.8, 4) is 0 Å². The van der Waals surface area contributed by atoms with Crippen molar-refractivity contribution in [1.82, 2.24) is 0 Å². The minimum absolute atomic E-state index is 0.142. The van der Waals surface area contributed by atoms with Gasteiger partial charge in [0.25, 0.3) is 0 Å². The van der Waals surface area contributed by atoms with Gasteiger partial charge in [0.1, 0.15) is 0 Å². The molecule has 1 unspecified atom stereocenters. The maximum atomic E-state index is 3.93. The lowest BCUT2D eigenvalue weighted by Crippen LogP contribution is -2.18. The first-order chi connectivity index (χ1) is 7.80. The van der Waals surface area contributed by atoms with E-state index in [1.165, 1.54) is 11.1 Å². The molecule has 0 aliphatic rings. The normalized spacial score (nSPS) is 15.4. The first-order valence-electron chi connectivity index (χ1n) is 6.10. The number of allylic oxidation sites excluding steroid dienone is 1. The first-order valence-corrected chi connectivity index (χ1v) is 7.22. The van der Waals surface area contributed by atoms with Crippen LogP contribution >= 0.6 is 15.9 Å². The zero-order valence-electron chi connectivity index (χ0n) is 11.4. The summed E-state index contributed by atoms with van der Waals surface area (Å²) < 4.78 is 0. The van der Waals surface area contributed by atoms with E-state index < -0.39 is 0 Å². The molecule has 1 aromatic rings. The molecule has 1 atom stereocenters. The smallest absolute Gasteiger partial charge is 0.0123 e. The zero-order valence-corrected chi connectivity index (χ0v) is 13.0. The second-order valence-electron chi connectivity index (χ2n) is 6.12. The fraction of sp³-hybridized carbons (Fsp3) is 0.500. The van der Waals surface area contributed by atoms with Gasteiger partial charge in [-0.3, -0.25) is 0 Å². The van der Waals surface area contributed by atoms with Crippen LogP contribution in [0.1, 0.15) is 38.8 Å². The number of hydrogen-bond acceptors (Lipinski definition) is 0. The molecule has 0 spiro atoms. The molecule has 0 aliphatic heterocycles. The summed E-state index contributed by atoms with van der Waals surface area (Å²) in [6.07, 6.45) is 3.07. The molecule has 0 aliphatic carbocycles.